The van der Waals surface area contributed by atoms with E-state index in [9.17, 15) is 0 Å². The summed E-state index contributed by atoms with van der Waals surface area (Å²) < 4.78 is 5.80. The van der Waals surface area contributed by atoms with Crippen LogP contribution in [0.15, 0.2) is 0 Å². The molecule has 0 aromatic heterocycles. The van der Waals surface area contributed by atoms with Gasteiger partial charge in [0.15, 0.2) is 0 Å². The first-order valence-electron chi connectivity index (χ1n) is 5.66. The summed E-state index contributed by atoms with van der Waals surface area (Å²) in [6.07, 6.45) is 2.26. The third-order valence-electron chi connectivity index (χ3n) is 3.45. The Hall–Kier alpha value is -0.120. The predicted molar refractivity (Wildman–Crippen MR) is 57.2 cm³/mol. The van der Waals surface area contributed by atoms with Crippen LogP contribution in [-0.2, 0) is 4.74 Å². The van der Waals surface area contributed by atoms with Gasteiger partial charge in [-0.1, -0.05) is 0 Å². The fourth-order valence-corrected chi connectivity index (χ4v) is 2.44. The molecule has 0 saturated carbocycles. The lowest BCUT2D eigenvalue weighted by atomic mass is 9.95. The molecule has 0 aromatic carbocycles. The Morgan fingerprint density at radius 3 is 2.29 bits per heavy atom. The van der Waals surface area contributed by atoms with Crippen LogP contribution in [0.5, 0.6) is 0 Å². The van der Waals surface area contributed by atoms with E-state index in [4.69, 9.17) is 4.74 Å². The first kappa shape index (κ1) is 10.4. The molecule has 2 aliphatic rings. The van der Waals surface area contributed by atoms with Crippen LogP contribution in [0.2, 0.25) is 0 Å². The van der Waals surface area contributed by atoms with Gasteiger partial charge in [0.1, 0.15) is 5.72 Å². The van der Waals surface area contributed by atoms with Crippen molar-refractivity contribution in [3.63, 3.8) is 0 Å². The van der Waals surface area contributed by atoms with Gasteiger partial charge in [-0.3, -0.25) is 10.2 Å². The van der Waals surface area contributed by atoms with Crippen LogP contribution in [0, 0.1) is 0 Å². The summed E-state index contributed by atoms with van der Waals surface area (Å²) >= 11 is 0. The average Bonchev–Trinajstić information content (AvgIpc) is 2.53. The van der Waals surface area contributed by atoms with E-state index < -0.39 is 0 Å². The van der Waals surface area contributed by atoms with Crippen molar-refractivity contribution >= 4 is 0 Å². The third kappa shape index (κ3) is 1.95. The number of ether oxygens (including phenoxy) is 1. The number of nitrogens with one attached hydrogen (secondary N) is 1. The number of rotatable bonds is 0. The SMILES string of the molecule is CC(C)(C)N1CCC2(CC1)NCCO2. The van der Waals surface area contributed by atoms with Crippen molar-refractivity contribution in [3.8, 4) is 0 Å². The fourth-order valence-electron chi connectivity index (χ4n) is 2.44. The minimum atomic E-state index is 0.0295. The van der Waals surface area contributed by atoms with Gasteiger partial charge in [0.25, 0.3) is 0 Å². The van der Waals surface area contributed by atoms with Crippen LogP contribution >= 0.6 is 0 Å². The molecule has 3 nitrogen and oxygen atoms in total. The summed E-state index contributed by atoms with van der Waals surface area (Å²) in [6, 6.07) is 0. The number of nitrogens with zero attached hydrogens (tertiary/aromatic N) is 1. The molecule has 0 unspecified atom stereocenters. The highest BCUT2D eigenvalue weighted by Crippen LogP contribution is 2.29. The van der Waals surface area contributed by atoms with Gasteiger partial charge in [0, 0.05) is 38.0 Å². The molecular weight excluding hydrogens is 176 g/mol. The molecule has 82 valence electrons. The van der Waals surface area contributed by atoms with E-state index in [-0.39, 0.29) is 5.72 Å². The van der Waals surface area contributed by atoms with E-state index in [1.165, 1.54) is 0 Å². The highest BCUT2D eigenvalue weighted by Gasteiger charge is 2.40. The second kappa shape index (κ2) is 3.47. The summed E-state index contributed by atoms with van der Waals surface area (Å²) in [7, 11) is 0. The topological polar surface area (TPSA) is 24.5 Å². The molecule has 0 radical (unpaired) electrons. The van der Waals surface area contributed by atoms with Crippen molar-refractivity contribution < 1.29 is 4.74 Å². The molecule has 0 atom stereocenters. The molecular formula is C11H22N2O. The van der Waals surface area contributed by atoms with Crippen LogP contribution in [0.25, 0.3) is 0 Å². The Bertz CT molecular complexity index is 194. The molecule has 2 rings (SSSR count). The molecule has 2 heterocycles. The van der Waals surface area contributed by atoms with E-state index in [0.717, 1.165) is 39.1 Å². The monoisotopic (exact) mass is 198 g/mol. The molecule has 0 aliphatic carbocycles. The summed E-state index contributed by atoms with van der Waals surface area (Å²) in [6.45, 7) is 11.1. The number of piperidine rings is 1. The van der Waals surface area contributed by atoms with Crippen LogP contribution in [0.4, 0.5) is 0 Å². The lowest BCUT2D eigenvalue weighted by Crippen LogP contribution is -2.55. The van der Waals surface area contributed by atoms with Crippen molar-refractivity contribution in [2.45, 2.75) is 44.9 Å². The van der Waals surface area contributed by atoms with E-state index in [1.54, 1.807) is 0 Å². The van der Waals surface area contributed by atoms with Gasteiger partial charge in [-0.25, -0.2) is 0 Å². The Morgan fingerprint density at radius 2 is 1.86 bits per heavy atom. The second-order valence-corrected chi connectivity index (χ2v) is 5.43. The zero-order valence-electron chi connectivity index (χ0n) is 9.60. The molecule has 1 N–H and O–H groups in total. The first-order valence-corrected chi connectivity index (χ1v) is 5.66. The smallest absolute Gasteiger partial charge is 0.121 e. The zero-order chi connectivity index (χ0) is 10.2. The highest BCUT2D eigenvalue weighted by molar-refractivity contribution is 4.91. The summed E-state index contributed by atoms with van der Waals surface area (Å²) in [4.78, 5) is 2.54. The lowest BCUT2D eigenvalue weighted by Gasteiger charge is -2.44. The molecule has 0 amide bonds. The Morgan fingerprint density at radius 1 is 1.21 bits per heavy atom. The van der Waals surface area contributed by atoms with Crippen molar-refractivity contribution in [1.82, 2.24) is 10.2 Å². The standard InChI is InChI=1S/C11H22N2O/c1-10(2,3)13-7-4-11(5-8-13)12-6-9-14-11/h12H,4-9H2,1-3H3. The minimum absolute atomic E-state index is 0.0295. The van der Waals surface area contributed by atoms with Crippen molar-refractivity contribution in [1.29, 1.82) is 0 Å². The maximum Gasteiger partial charge on any atom is 0.121 e. The minimum Gasteiger partial charge on any atom is -0.359 e. The van der Waals surface area contributed by atoms with Gasteiger partial charge >= 0.3 is 0 Å². The summed E-state index contributed by atoms with van der Waals surface area (Å²) in [5, 5.41) is 3.50. The quantitative estimate of drug-likeness (QED) is 0.633. The van der Waals surface area contributed by atoms with Crippen LogP contribution in [0.3, 0.4) is 0 Å². The molecule has 2 aliphatic heterocycles. The van der Waals surface area contributed by atoms with E-state index in [2.05, 4.69) is 31.0 Å². The van der Waals surface area contributed by atoms with Crippen LogP contribution < -0.4 is 5.32 Å². The lowest BCUT2D eigenvalue weighted by molar-refractivity contribution is -0.0706. The second-order valence-electron chi connectivity index (χ2n) is 5.43. The molecule has 3 heteroatoms. The number of hydrogen-bond acceptors (Lipinski definition) is 3. The van der Waals surface area contributed by atoms with Gasteiger partial charge in [-0.2, -0.15) is 0 Å². The van der Waals surface area contributed by atoms with E-state index in [1.807, 2.05) is 0 Å². The normalized spacial score (nSPS) is 28.5. The van der Waals surface area contributed by atoms with Gasteiger partial charge in [0.05, 0.1) is 6.61 Å². The first-order chi connectivity index (χ1) is 6.52. The van der Waals surface area contributed by atoms with Crippen molar-refractivity contribution in [3.05, 3.63) is 0 Å². The molecule has 0 aromatic rings. The highest BCUT2D eigenvalue weighted by atomic mass is 16.5. The van der Waals surface area contributed by atoms with E-state index in [0.29, 0.717) is 5.54 Å². The summed E-state index contributed by atoms with van der Waals surface area (Å²) in [5.41, 5.74) is 0.335. The zero-order valence-corrected chi connectivity index (χ0v) is 9.60. The predicted octanol–water partition coefficient (Wildman–Crippen LogP) is 1.20. The van der Waals surface area contributed by atoms with Gasteiger partial charge < -0.3 is 4.74 Å². The number of likely N-dealkylation sites (tertiary alicyclic amines) is 1. The van der Waals surface area contributed by atoms with Gasteiger partial charge in [-0.15, -0.1) is 0 Å². The van der Waals surface area contributed by atoms with Crippen molar-refractivity contribution in [2.75, 3.05) is 26.2 Å². The Kier molecular flexibility index (Phi) is 2.58. The van der Waals surface area contributed by atoms with Crippen LogP contribution in [-0.4, -0.2) is 42.4 Å². The average molecular weight is 198 g/mol. The van der Waals surface area contributed by atoms with Crippen LogP contribution in [0.1, 0.15) is 33.6 Å². The Balaban J connectivity index is 1.92. The molecule has 14 heavy (non-hydrogen) atoms. The molecule has 1 spiro atoms. The number of hydrogen-bond donors (Lipinski definition) is 1. The maximum atomic E-state index is 5.80. The third-order valence-corrected chi connectivity index (χ3v) is 3.45. The maximum absolute atomic E-state index is 5.80. The molecule has 2 saturated heterocycles. The summed E-state index contributed by atoms with van der Waals surface area (Å²) in [5.74, 6) is 0. The fraction of sp³-hybridized carbons (Fsp3) is 1.00. The van der Waals surface area contributed by atoms with Gasteiger partial charge in [-0.05, 0) is 20.8 Å². The molecule has 2 fully saturated rings. The van der Waals surface area contributed by atoms with Crippen molar-refractivity contribution in [2.24, 2.45) is 0 Å². The van der Waals surface area contributed by atoms with Gasteiger partial charge in [0.2, 0.25) is 0 Å². The Labute approximate surface area is 86.8 Å². The molecule has 0 bridgehead atoms. The largest absolute Gasteiger partial charge is 0.359 e. The van der Waals surface area contributed by atoms with E-state index >= 15 is 0 Å².